The van der Waals surface area contributed by atoms with E-state index in [1.54, 1.807) is 0 Å². The summed E-state index contributed by atoms with van der Waals surface area (Å²) in [5.41, 5.74) is 4.89. The summed E-state index contributed by atoms with van der Waals surface area (Å²) < 4.78 is 0. The van der Waals surface area contributed by atoms with E-state index in [9.17, 15) is 0 Å². The second-order valence-corrected chi connectivity index (χ2v) is 4.32. The summed E-state index contributed by atoms with van der Waals surface area (Å²) in [5, 5.41) is 24.3. The standard InChI is InChI=1S/C14H11N5.CHNS/c15-11-14-16-18(12-7-3-1-4-8-12)19(17-14)13-9-5-2-6-10-13;2-1-3/h1-10H,(H,16,17);3H. The molecule has 2 N–H and O–H groups in total. The SMILES string of the molecule is N#CC1=N[NH+](c2ccccc2)N(c2ccccc2)N1.N#C[S-]. The third-order valence-electron chi connectivity index (χ3n) is 2.80. The molecular weight excluding hydrogens is 296 g/mol. The molecule has 7 heteroatoms. The molecule has 0 aromatic heterocycles. The van der Waals surface area contributed by atoms with Gasteiger partial charge in [-0.1, -0.05) is 52.0 Å². The highest BCUT2D eigenvalue weighted by molar-refractivity contribution is 7.64. The number of benzene rings is 2. The molecule has 6 nitrogen and oxygen atoms in total. The first-order valence-electron chi connectivity index (χ1n) is 6.34. The summed E-state index contributed by atoms with van der Waals surface area (Å²) in [6.07, 6.45) is 0. The Morgan fingerprint density at radius 3 is 2.09 bits per heavy atom. The topological polar surface area (TPSA) is 79.7 Å². The number of nitrogens with zero attached hydrogens (tertiary/aromatic N) is 4. The molecule has 3 rings (SSSR count). The van der Waals surface area contributed by atoms with Crippen molar-refractivity contribution < 1.29 is 5.12 Å². The van der Waals surface area contributed by atoms with E-state index in [1.807, 2.05) is 71.9 Å². The molecule has 2 aromatic rings. The first-order chi connectivity index (χ1) is 10.8. The quantitative estimate of drug-likeness (QED) is 0.639. The van der Waals surface area contributed by atoms with Crippen LogP contribution in [0.5, 0.6) is 0 Å². The van der Waals surface area contributed by atoms with Crippen molar-refractivity contribution in [3.63, 3.8) is 0 Å². The molecule has 22 heavy (non-hydrogen) atoms. The normalized spacial score (nSPS) is 15.5. The van der Waals surface area contributed by atoms with Crippen molar-refractivity contribution in [1.82, 2.24) is 5.43 Å². The second-order valence-electron chi connectivity index (χ2n) is 4.14. The van der Waals surface area contributed by atoms with Crippen LogP contribution >= 0.6 is 0 Å². The number of para-hydroxylation sites is 1. The Labute approximate surface area is 133 Å². The van der Waals surface area contributed by atoms with Gasteiger partial charge in [-0.3, -0.25) is 0 Å². The van der Waals surface area contributed by atoms with Crippen molar-refractivity contribution in [2.24, 2.45) is 5.10 Å². The largest absolute Gasteiger partial charge is 0.696 e. The third-order valence-corrected chi connectivity index (χ3v) is 2.80. The van der Waals surface area contributed by atoms with E-state index in [-0.39, 0.29) is 0 Å². The summed E-state index contributed by atoms with van der Waals surface area (Å²) in [6, 6.07) is 21.6. The van der Waals surface area contributed by atoms with Gasteiger partial charge in [0.25, 0.3) is 5.84 Å². The van der Waals surface area contributed by atoms with Crippen LogP contribution in [0.15, 0.2) is 65.8 Å². The fourth-order valence-corrected chi connectivity index (χ4v) is 1.93. The number of hydrogen-bond acceptors (Lipinski definition) is 6. The van der Waals surface area contributed by atoms with E-state index in [2.05, 4.69) is 23.2 Å². The maximum Gasteiger partial charge on any atom is 0.286 e. The summed E-state index contributed by atoms with van der Waals surface area (Å²) in [7, 11) is 0. The van der Waals surface area contributed by atoms with Crippen LogP contribution in [0.3, 0.4) is 0 Å². The molecule has 0 aliphatic carbocycles. The van der Waals surface area contributed by atoms with E-state index in [0.29, 0.717) is 5.84 Å². The van der Waals surface area contributed by atoms with Gasteiger partial charge in [0, 0.05) is 12.1 Å². The van der Waals surface area contributed by atoms with Gasteiger partial charge in [0.1, 0.15) is 11.8 Å². The minimum atomic E-state index is 0.294. The monoisotopic (exact) mass is 308 g/mol. The number of nitrogens with one attached hydrogen (secondary N) is 2. The third kappa shape index (κ3) is 3.49. The Kier molecular flexibility index (Phi) is 5.27. The van der Waals surface area contributed by atoms with Gasteiger partial charge in [-0.05, 0) is 17.2 Å². The number of hydrogen-bond donors (Lipinski definition) is 2. The van der Waals surface area contributed by atoms with Gasteiger partial charge < -0.3 is 12.6 Å². The predicted molar refractivity (Wildman–Crippen MR) is 85.1 cm³/mol. The summed E-state index contributed by atoms with van der Waals surface area (Å²) in [4.78, 5) is 0. The molecular formula is C15H12N6S. The van der Waals surface area contributed by atoms with Crippen LogP contribution < -0.4 is 15.7 Å². The van der Waals surface area contributed by atoms with Gasteiger partial charge in [0.15, 0.2) is 5.69 Å². The lowest BCUT2D eigenvalue weighted by molar-refractivity contribution is -0.846. The second kappa shape index (κ2) is 7.60. The number of nitriles is 2. The highest BCUT2D eigenvalue weighted by Gasteiger charge is 2.31. The fraction of sp³-hybridized carbons (Fsp3) is 0. The van der Waals surface area contributed by atoms with Gasteiger partial charge in [0.2, 0.25) is 0 Å². The summed E-state index contributed by atoms with van der Waals surface area (Å²) in [6.45, 7) is 0. The number of thiocyanates is 1. The van der Waals surface area contributed by atoms with E-state index >= 15 is 0 Å². The van der Waals surface area contributed by atoms with Crippen molar-refractivity contribution in [2.75, 3.05) is 5.12 Å². The summed E-state index contributed by atoms with van der Waals surface area (Å²) in [5.74, 6) is 0.294. The van der Waals surface area contributed by atoms with Crippen molar-refractivity contribution in [3.05, 3.63) is 60.7 Å². The maximum atomic E-state index is 9.01. The molecule has 1 aliphatic rings. The zero-order chi connectivity index (χ0) is 15.8. The summed E-state index contributed by atoms with van der Waals surface area (Å²) >= 11 is 3.70. The number of quaternary nitrogens is 1. The van der Waals surface area contributed by atoms with Gasteiger partial charge in [-0.15, -0.1) is 0 Å². The average molecular weight is 308 g/mol. The highest BCUT2D eigenvalue weighted by Crippen LogP contribution is 2.11. The first-order valence-corrected chi connectivity index (χ1v) is 6.75. The van der Waals surface area contributed by atoms with Crippen LogP contribution in [0.1, 0.15) is 0 Å². The Morgan fingerprint density at radius 2 is 1.55 bits per heavy atom. The molecule has 0 amide bonds. The smallest absolute Gasteiger partial charge is 0.286 e. The van der Waals surface area contributed by atoms with Gasteiger partial charge in [0.05, 0.1) is 0 Å². The van der Waals surface area contributed by atoms with E-state index in [4.69, 9.17) is 10.5 Å². The minimum absolute atomic E-state index is 0.294. The lowest BCUT2D eigenvalue weighted by Crippen LogP contribution is -3.10. The van der Waals surface area contributed by atoms with Crippen LogP contribution in [-0.2, 0) is 12.6 Å². The Hall–Kier alpha value is -3.13. The molecule has 1 aliphatic heterocycles. The van der Waals surface area contributed by atoms with Crippen LogP contribution in [0.4, 0.5) is 11.4 Å². The molecule has 1 atom stereocenters. The molecule has 1 unspecified atom stereocenters. The molecule has 0 fully saturated rings. The predicted octanol–water partition coefficient (Wildman–Crippen LogP) is 0.994. The Morgan fingerprint density at radius 1 is 1.00 bits per heavy atom. The van der Waals surface area contributed by atoms with Gasteiger partial charge >= 0.3 is 0 Å². The minimum Gasteiger partial charge on any atom is -0.696 e. The van der Waals surface area contributed by atoms with Gasteiger partial charge in [-0.2, -0.15) is 5.26 Å². The number of rotatable bonds is 2. The number of amidine groups is 1. The number of hydrazine groups is 1. The van der Waals surface area contributed by atoms with E-state index in [0.717, 1.165) is 16.5 Å². The zero-order valence-corrected chi connectivity index (χ0v) is 12.3. The molecule has 0 saturated carbocycles. The van der Waals surface area contributed by atoms with Crippen LogP contribution in [0.25, 0.3) is 0 Å². The molecule has 108 valence electrons. The highest BCUT2D eigenvalue weighted by atomic mass is 32.1. The van der Waals surface area contributed by atoms with Crippen LogP contribution in [0.2, 0.25) is 0 Å². The molecule has 0 bridgehead atoms. The Bertz CT molecular complexity index is 717. The average Bonchev–Trinajstić information content (AvgIpc) is 3.02. The Balaban J connectivity index is 0.000000545. The molecule has 0 saturated heterocycles. The first kappa shape index (κ1) is 15.3. The maximum absolute atomic E-state index is 9.01. The van der Waals surface area contributed by atoms with Crippen molar-refractivity contribution >= 4 is 29.8 Å². The number of anilines is 1. The van der Waals surface area contributed by atoms with Crippen molar-refractivity contribution in [1.29, 1.82) is 10.5 Å². The van der Waals surface area contributed by atoms with Crippen LogP contribution in [-0.4, -0.2) is 5.84 Å². The van der Waals surface area contributed by atoms with Crippen molar-refractivity contribution in [2.45, 2.75) is 0 Å². The lowest BCUT2D eigenvalue weighted by Gasteiger charge is -2.20. The van der Waals surface area contributed by atoms with Crippen LogP contribution in [0, 0.1) is 22.0 Å². The molecule has 0 radical (unpaired) electrons. The van der Waals surface area contributed by atoms with Crippen molar-refractivity contribution in [3.8, 4) is 11.5 Å². The molecule has 2 aromatic carbocycles. The zero-order valence-electron chi connectivity index (χ0n) is 11.5. The van der Waals surface area contributed by atoms with E-state index < -0.39 is 0 Å². The fourth-order valence-electron chi connectivity index (χ4n) is 1.93. The molecule has 1 heterocycles. The van der Waals surface area contributed by atoms with E-state index in [1.165, 1.54) is 5.40 Å². The lowest BCUT2D eigenvalue weighted by atomic mass is 10.3. The van der Waals surface area contributed by atoms with Gasteiger partial charge in [-0.25, -0.2) is 10.7 Å². The molecule has 0 spiro atoms.